The van der Waals surface area contributed by atoms with Gasteiger partial charge in [-0.1, -0.05) is 5.10 Å². The van der Waals surface area contributed by atoms with Crippen molar-refractivity contribution in [3.8, 4) is 16.0 Å². The third kappa shape index (κ3) is 1.60. The van der Waals surface area contributed by atoms with E-state index in [9.17, 15) is 10.1 Å². The first-order valence-electron chi connectivity index (χ1n) is 4.17. The van der Waals surface area contributed by atoms with Gasteiger partial charge >= 0.3 is 5.82 Å². The fourth-order valence-electron chi connectivity index (χ4n) is 1.15. The van der Waals surface area contributed by atoms with Crippen molar-refractivity contribution in [3.05, 3.63) is 16.3 Å². The van der Waals surface area contributed by atoms with E-state index in [1.807, 2.05) is 0 Å². The van der Waals surface area contributed by atoms with Crippen LogP contribution in [0.3, 0.4) is 0 Å². The van der Waals surface area contributed by atoms with Gasteiger partial charge in [0, 0.05) is 0 Å². The van der Waals surface area contributed by atoms with Crippen molar-refractivity contribution in [2.75, 3.05) is 7.11 Å². The fourth-order valence-corrected chi connectivity index (χ4v) is 1.84. The SMILES string of the molecule is COc1nnc(-c2ncc([N+](=O)[O-])n2C)s1. The third-order valence-electron chi connectivity index (χ3n) is 1.92. The molecule has 2 aromatic heterocycles. The molecule has 0 radical (unpaired) electrons. The summed E-state index contributed by atoms with van der Waals surface area (Å²) in [6, 6.07) is 0. The van der Waals surface area contributed by atoms with Gasteiger partial charge in [-0.05, 0) is 16.3 Å². The Labute approximate surface area is 93.7 Å². The second-order valence-electron chi connectivity index (χ2n) is 2.83. The monoisotopic (exact) mass is 241 g/mol. The van der Waals surface area contributed by atoms with Crippen molar-refractivity contribution >= 4 is 17.2 Å². The highest BCUT2D eigenvalue weighted by Gasteiger charge is 2.21. The van der Waals surface area contributed by atoms with Gasteiger partial charge in [-0.3, -0.25) is 0 Å². The van der Waals surface area contributed by atoms with Crippen LogP contribution in [0.1, 0.15) is 0 Å². The lowest BCUT2D eigenvalue weighted by atomic mass is 10.6. The summed E-state index contributed by atoms with van der Waals surface area (Å²) in [5.41, 5.74) is 0. The molecule has 84 valence electrons. The van der Waals surface area contributed by atoms with Crippen LogP contribution in [0, 0.1) is 10.1 Å². The van der Waals surface area contributed by atoms with Crippen LogP contribution >= 0.6 is 11.3 Å². The highest BCUT2D eigenvalue weighted by Crippen LogP contribution is 2.28. The van der Waals surface area contributed by atoms with Crippen LogP contribution in [-0.4, -0.2) is 31.8 Å². The number of nitro groups is 1. The molecule has 2 aromatic rings. The molecular weight excluding hydrogens is 234 g/mol. The Hall–Kier alpha value is -2.03. The lowest BCUT2D eigenvalue weighted by Gasteiger charge is -1.94. The van der Waals surface area contributed by atoms with Gasteiger partial charge in [-0.25, -0.2) is 9.55 Å². The molecule has 0 atom stereocenters. The van der Waals surface area contributed by atoms with Gasteiger partial charge in [0.05, 0.1) is 14.2 Å². The van der Waals surface area contributed by atoms with Crippen LogP contribution in [0.4, 0.5) is 5.82 Å². The summed E-state index contributed by atoms with van der Waals surface area (Å²) in [6.45, 7) is 0. The number of rotatable bonds is 3. The van der Waals surface area contributed by atoms with Crippen molar-refractivity contribution in [2.45, 2.75) is 0 Å². The van der Waals surface area contributed by atoms with Crippen molar-refractivity contribution in [1.29, 1.82) is 0 Å². The number of methoxy groups -OCH3 is 1. The van der Waals surface area contributed by atoms with Gasteiger partial charge in [0.2, 0.25) is 5.01 Å². The number of hydrogen-bond acceptors (Lipinski definition) is 7. The molecule has 0 spiro atoms. The second kappa shape index (κ2) is 3.85. The second-order valence-corrected chi connectivity index (χ2v) is 3.77. The van der Waals surface area contributed by atoms with Gasteiger partial charge in [0.25, 0.3) is 11.0 Å². The van der Waals surface area contributed by atoms with E-state index in [0.717, 1.165) is 0 Å². The minimum Gasteiger partial charge on any atom is -0.472 e. The van der Waals surface area contributed by atoms with Crippen LogP contribution in [0.25, 0.3) is 10.8 Å². The molecule has 0 aliphatic rings. The molecule has 0 saturated carbocycles. The highest BCUT2D eigenvalue weighted by molar-refractivity contribution is 7.16. The number of hydrogen-bond donors (Lipinski definition) is 0. The Morgan fingerprint density at radius 2 is 2.31 bits per heavy atom. The largest absolute Gasteiger partial charge is 0.472 e. The van der Waals surface area contributed by atoms with Crippen LogP contribution in [0.15, 0.2) is 6.20 Å². The summed E-state index contributed by atoms with van der Waals surface area (Å²) in [7, 11) is 3.03. The standard InChI is InChI=1S/C7H7N5O3S/c1-11-4(12(13)14)3-8-5(11)6-9-10-7(15-2)16-6/h3H,1-2H3. The predicted octanol–water partition coefficient (Wildman–Crippen LogP) is 0.855. The topological polar surface area (TPSA) is 96.0 Å². The summed E-state index contributed by atoms with van der Waals surface area (Å²) in [4.78, 5) is 14.0. The maximum Gasteiger partial charge on any atom is 0.342 e. The molecule has 0 fully saturated rings. The quantitative estimate of drug-likeness (QED) is 0.584. The van der Waals surface area contributed by atoms with E-state index in [1.54, 1.807) is 7.05 Å². The molecule has 0 aliphatic carbocycles. The number of ether oxygens (including phenoxy) is 1. The Bertz CT molecular complexity index is 534. The molecule has 0 aromatic carbocycles. The van der Waals surface area contributed by atoms with Crippen molar-refractivity contribution < 1.29 is 9.66 Å². The van der Waals surface area contributed by atoms with Crippen molar-refractivity contribution in [2.24, 2.45) is 7.05 Å². The summed E-state index contributed by atoms with van der Waals surface area (Å²) in [5.74, 6) is 0.302. The number of imidazole rings is 1. The molecule has 16 heavy (non-hydrogen) atoms. The first kappa shape index (κ1) is 10.5. The third-order valence-corrected chi connectivity index (χ3v) is 2.80. The van der Waals surface area contributed by atoms with E-state index < -0.39 is 4.92 Å². The average molecular weight is 241 g/mol. The smallest absolute Gasteiger partial charge is 0.342 e. The highest BCUT2D eigenvalue weighted by atomic mass is 32.1. The van der Waals surface area contributed by atoms with Crippen molar-refractivity contribution in [1.82, 2.24) is 19.7 Å². The first-order chi connectivity index (χ1) is 7.63. The maximum atomic E-state index is 10.6. The molecule has 0 aliphatic heterocycles. The van der Waals surface area contributed by atoms with E-state index in [1.165, 1.54) is 29.2 Å². The number of nitrogens with zero attached hydrogens (tertiary/aromatic N) is 5. The van der Waals surface area contributed by atoms with Gasteiger partial charge in [0.1, 0.15) is 6.20 Å². The maximum absolute atomic E-state index is 10.6. The average Bonchev–Trinajstić information content (AvgIpc) is 2.83. The van der Waals surface area contributed by atoms with Gasteiger partial charge in [-0.15, -0.1) is 5.10 Å². The molecule has 8 nitrogen and oxygen atoms in total. The van der Waals surface area contributed by atoms with Gasteiger partial charge < -0.3 is 14.9 Å². The predicted molar refractivity (Wildman–Crippen MR) is 55.3 cm³/mol. The van der Waals surface area contributed by atoms with Crippen LogP contribution in [-0.2, 0) is 7.05 Å². The minimum absolute atomic E-state index is 0.0934. The molecule has 2 heterocycles. The van der Waals surface area contributed by atoms with Crippen LogP contribution < -0.4 is 4.74 Å². The van der Waals surface area contributed by atoms with E-state index in [4.69, 9.17) is 4.74 Å². The molecule has 9 heteroatoms. The normalized spacial score (nSPS) is 10.4. The Morgan fingerprint density at radius 1 is 1.56 bits per heavy atom. The van der Waals surface area contributed by atoms with Crippen molar-refractivity contribution in [3.63, 3.8) is 0 Å². The minimum atomic E-state index is -0.505. The van der Waals surface area contributed by atoms with E-state index >= 15 is 0 Å². The van der Waals surface area contributed by atoms with Crippen LogP contribution in [0.5, 0.6) is 5.19 Å². The molecule has 0 unspecified atom stereocenters. The summed E-state index contributed by atoms with van der Waals surface area (Å²) in [6.07, 6.45) is 1.18. The molecule has 0 N–H and O–H groups in total. The van der Waals surface area contributed by atoms with E-state index in [-0.39, 0.29) is 5.82 Å². The summed E-state index contributed by atoms with van der Waals surface area (Å²) in [5, 5.41) is 19.0. The van der Waals surface area contributed by atoms with Crippen LogP contribution in [0.2, 0.25) is 0 Å². The molecule has 2 rings (SSSR count). The molecule has 0 bridgehead atoms. The Balaban J connectivity index is 2.44. The Kier molecular flexibility index (Phi) is 2.52. The van der Waals surface area contributed by atoms with Gasteiger partial charge in [0.15, 0.2) is 0 Å². The van der Waals surface area contributed by atoms with E-state index in [0.29, 0.717) is 16.0 Å². The zero-order chi connectivity index (χ0) is 11.7. The molecule has 0 saturated heterocycles. The first-order valence-corrected chi connectivity index (χ1v) is 4.99. The summed E-state index contributed by atoms with van der Waals surface area (Å²) < 4.78 is 6.23. The molecule has 0 amide bonds. The zero-order valence-electron chi connectivity index (χ0n) is 8.45. The molecular formula is C7H7N5O3S. The summed E-state index contributed by atoms with van der Waals surface area (Å²) >= 11 is 1.17. The van der Waals surface area contributed by atoms with E-state index in [2.05, 4.69) is 15.2 Å². The lowest BCUT2D eigenvalue weighted by Crippen LogP contribution is -1.98. The number of aromatic nitrogens is 4. The zero-order valence-corrected chi connectivity index (χ0v) is 9.26. The fraction of sp³-hybridized carbons (Fsp3) is 0.286. The lowest BCUT2D eigenvalue weighted by molar-refractivity contribution is -0.391. The van der Waals surface area contributed by atoms with Gasteiger partial charge in [-0.2, -0.15) is 0 Å². The Morgan fingerprint density at radius 3 is 2.81 bits per heavy atom.